The van der Waals surface area contributed by atoms with E-state index in [9.17, 15) is 4.79 Å². The van der Waals surface area contributed by atoms with Gasteiger partial charge in [0.1, 0.15) is 18.0 Å². The van der Waals surface area contributed by atoms with Crippen LogP contribution in [-0.2, 0) is 9.53 Å². The van der Waals surface area contributed by atoms with Crippen LogP contribution >= 0.6 is 0 Å². The number of piperidine rings is 1. The standard InChI is InChI=1S/C25H40N2O3/c1-4-16-30-25(13-5-7-20(2)18-25)24(28)26-22-9-11-23(12-10-22)29-17-15-27-14-6-8-21(3)19-27/h9-12,20-21H,4-8,13-19H2,1-3H3,(H,26,28)/t20-,21-,25+/m0/s1. The molecule has 3 rings (SSSR count). The predicted molar refractivity (Wildman–Crippen MR) is 122 cm³/mol. The summed E-state index contributed by atoms with van der Waals surface area (Å²) in [5, 5.41) is 3.09. The van der Waals surface area contributed by atoms with Gasteiger partial charge in [0, 0.05) is 25.4 Å². The Morgan fingerprint density at radius 1 is 1.13 bits per heavy atom. The van der Waals surface area contributed by atoms with Gasteiger partial charge in [-0.15, -0.1) is 0 Å². The first-order chi connectivity index (χ1) is 14.5. The maximum Gasteiger partial charge on any atom is 0.256 e. The Morgan fingerprint density at radius 3 is 2.60 bits per heavy atom. The zero-order valence-corrected chi connectivity index (χ0v) is 19.1. The number of hydrogen-bond donors (Lipinski definition) is 1. The van der Waals surface area contributed by atoms with E-state index in [1.807, 2.05) is 24.3 Å². The lowest BCUT2D eigenvalue weighted by Gasteiger charge is -2.38. The molecule has 1 heterocycles. The van der Waals surface area contributed by atoms with Gasteiger partial charge in [-0.3, -0.25) is 9.69 Å². The Hall–Kier alpha value is -1.59. The highest BCUT2D eigenvalue weighted by atomic mass is 16.5. The van der Waals surface area contributed by atoms with Crippen molar-refractivity contribution >= 4 is 11.6 Å². The van der Waals surface area contributed by atoms with Crippen molar-refractivity contribution in [3.63, 3.8) is 0 Å². The van der Waals surface area contributed by atoms with E-state index in [0.29, 0.717) is 19.1 Å². The lowest BCUT2D eigenvalue weighted by Crippen LogP contribution is -2.48. The molecule has 1 aromatic carbocycles. The van der Waals surface area contributed by atoms with Crippen molar-refractivity contribution < 1.29 is 14.3 Å². The van der Waals surface area contributed by atoms with Gasteiger partial charge in [0.05, 0.1) is 0 Å². The third kappa shape index (κ3) is 6.45. The largest absolute Gasteiger partial charge is 0.492 e. The molecule has 5 heteroatoms. The predicted octanol–water partition coefficient (Wildman–Crippen LogP) is 5.11. The summed E-state index contributed by atoms with van der Waals surface area (Å²) in [6, 6.07) is 7.74. The van der Waals surface area contributed by atoms with E-state index in [1.165, 1.54) is 32.4 Å². The minimum Gasteiger partial charge on any atom is -0.492 e. The van der Waals surface area contributed by atoms with Crippen LogP contribution in [0.1, 0.15) is 65.7 Å². The van der Waals surface area contributed by atoms with Gasteiger partial charge in [-0.2, -0.15) is 0 Å². The van der Waals surface area contributed by atoms with E-state index in [1.54, 1.807) is 0 Å². The smallest absolute Gasteiger partial charge is 0.256 e. The summed E-state index contributed by atoms with van der Waals surface area (Å²) in [6.45, 7) is 11.3. The van der Waals surface area contributed by atoms with Crippen LogP contribution in [0.15, 0.2) is 24.3 Å². The minimum absolute atomic E-state index is 0.00427. The van der Waals surface area contributed by atoms with Gasteiger partial charge in [-0.05, 0) is 81.2 Å². The lowest BCUT2D eigenvalue weighted by molar-refractivity contribution is -0.148. The maximum atomic E-state index is 13.1. The van der Waals surface area contributed by atoms with Gasteiger partial charge >= 0.3 is 0 Å². The average molecular weight is 417 g/mol. The van der Waals surface area contributed by atoms with E-state index in [2.05, 4.69) is 31.0 Å². The Morgan fingerprint density at radius 2 is 1.90 bits per heavy atom. The van der Waals surface area contributed by atoms with Gasteiger partial charge < -0.3 is 14.8 Å². The van der Waals surface area contributed by atoms with Crippen molar-refractivity contribution in [3.05, 3.63) is 24.3 Å². The number of carbonyl (C=O) groups is 1. The van der Waals surface area contributed by atoms with E-state index in [0.717, 1.165) is 49.6 Å². The Labute approximate surface area is 182 Å². The zero-order chi connectivity index (χ0) is 21.4. The molecule has 5 nitrogen and oxygen atoms in total. The van der Waals surface area contributed by atoms with Crippen LogP contribution in [0.25, 0.3) is 0 Å². The molecule has 1 aliphatic heterocycles. The number of likely N-dealkylation sites (tertiary alicyclic amines) is 1. The molecule has 168 valence electrons. The molecule has 3 atom stereocenters. The first kappa shape index (κ1) is 23.1. The second-order valence-electron chi connectivity index (χ2n) is 9.42. The second-order valence-corrected chi connectivity index (χ2v) is 9.42. The fourth-order valence-electron chi connectivity index (χ4n) is 4.87. The highest BCUT2D eigenvalue weighted by molar-refractivity contribution is 5.97. The summed E-state index contributed by atoms with van der Waals surface area (Å²) in [4.78, 5) is 15.6. The summed E-state index contributed by atoms with van der Waals surface area (Å²) in [5.74, 6) is 2.15. The zero-order valence-electron chi connectivity index (χ0n) is 19.1. The van der Waals surface area contributed by atoms with Gasteiger partial charge in [-0.1, -0.05) is 27.2 Å². The molecule has 1 aliphatic carbocycles. The number of carbonyl (C=O) groups excluding carboxylic acids is 1. The van der Waals surface area contributed by atoms with Crippen molar-refractivity contribution in [2.45, 2.75) is 71.3 Å². The fourth-order valence-corrected chi connectivity index (χ4v) is 4.87. The first-order valence-electron chi connectivity index (χ1n) is 11.9. The molecule has 0 aromatic heterocycles. The molecule has 0 radical (unpaired) electrons. The Kier molecular flexibility index (Phi) is 8.58. The molecule has 2 fully saturated rings. The summed E-state index contributed by atoms with van der Waals surface area (Å²) in [7, 11) is 0. The third-order valence-electron chi connectivity index (χ3n) is 6.48. The molecule has 1 saturated heterocycles. The number of nitrogens with zero attached hydrogens (tertiary/aromatic N) is 1. The summed E-state index contributed by atoms with van der Waals surface area (Å²) in [6.07, 6.45) is 7.38. The normalized spacial score (nSPS) is 27.6. The number of rotatable bonds is 9. The van der Waals surface area contributed by atoms with Crippen molar-refractivity contribution in [3.8, 4) is 5.75 Å². The van der Waals surface area contributed by atoms with Crippen LogP contribution in [0.3, 0.4) is 0 Å². The number of benzene rings is 1. The Balaban J connectivity index is 1.50. The number of anilines is 1. The van der Waals surface area contributed by atoms with Crippen molar-refractivity contribution in [2.24, 2.45) is 11.8 Å². The molecular weight excluding hydrogens is 376 g/mol. The molecule has 0 spiro atoms. The number of nitrogens with one attached hydrogen (secondary N) is 1. The van der Waals surface area contributed by atoms with Gasteiger partial charge in [0.25, 0.3) is 5.91 Å². The van der Waals surface area contributed by atoms with E-state index < -0.39 is 5.60 Å². The van der Waals surface area contributed by atoms with Gasteiger partial charge in [0.2, 0.25) is 0 Å². The number of ether oxygens (including phenoxy) is 2. The highest BCUT2D eigenvalue weighted by Crippen LogP contribution is 2.36. The monoisotopic (exact) mass is 416 g/mol. The van der Waals surface area contributed by atoms with E-state index in [-0.39, 0.29) is 5.91 Å². The lowest BCUT2D eigenvalue weighted by atomic mass is 9.78. The molecular formula is C25H40N2O3. The third-order valence-corrected chi connectivity index (χ3v) is 6.48. The minimum atomic E-state index is -0.686. The summed E-state index contributed by atoms with van der Waals surface area (Å²) < 4.78 is 12.1. The summed E-state index contributed by atoms with van der Waals surface area (Å²) in [5.41, 5.74) is 0.115. The van der Waals surface area contributed by atoms with E-state index in [4.69, 9.17) is 9.47 Å². The molecule has 1 aromatic rings. The molecule has 1 saturated carbocycles. The number of amides is 1. The highest BCUT2D eigenvalue weighted by Gasteiger charge is 2.42. The molecule has 30 heavy (non-hydrogen) atoms. The molecule has 1 amide bonds. The average Bonchev–Trinajstić information content (AvgIpc) is 2.73. The molecule has 0 unspecified atom stereocenters. The Bertz CT molecular complexity index is 663. The maximum absolute atomic E-state index is 13.1. The van der Waals surface area contributed by atoms with Crippen LogP contribution in [0.2, 0.25) is 0 Å². The van der Waals surface area contributed by atoms with Gasteiger partial charge in [-0.25, -0.2) is 0 Å². The van der Waals surface area contributed by atoms with Crippen molar-refractivity contribution in [1.29, 1.82) is 0 Å². The quantitative estimate of drug-likeness (QED) is 0.608. The van der Waals surface area contributed by atoms with Crippen LogP contribution in [0, 0.1) is 11.8 Å². The first-order valence-corrected chi connectivity index (χ1v) is 11.9. The molecule has 0 bridgehead atoms. The van der Waals surface area contributed by atoms with Crippen LogP contribution in [0.5, 0.6) is 5.75 Å². The van der Waals surface area contributed by atoms with Crippen molar-refractivity contribution in [1.82, 2.24) is 4.90 Å². The van der Waals surface area contributed by atoms with Crippen LogP contribution in [-0.4, -0.2) is 49.3 Å². The molecule has 2 aliphatic rings. The fraction of sp³-hybridized carbons (Fsp3) is 0.720. The topological polar surface area (TPSA) is 50.8 Å². The van der Waals surface area contributed by atoms with Gasteiger partial charge in [0.15, 0.2) is 0 Å². The van der Waals surface area contributed by atoms with E-state index >= 15 is 0 Å². The van der Waals surface area contributed by atoms with Crippen molar-refractivity contribution in [2.75, 3.05) is 38.2 Å². The van der Waals surface area contributed by atoms with Crippen LogP contribution < -0.4 is 10.1 Å². The van der Waals surface area contributed by atoms with Crippen LogP contribution in [0.4, 0.5) is 5.69 Å². The summed E-state index contributed by atoms with van der Waals surface area (Å²) >= 11 is 0. The number of hydrogen-bond acceptors (Lipinski definition) is 4. The SMILES string of the molecule is CCCO[C@]1(C(=O)Nc2ccc(OCCN3CCC[C@H](C)C3)cc2)CCC[C@H](C)C1. The second kappa shape index (κ2) is 11.1. The molecule has 1 N–H and O–H groups in total.